The molecule has 0 aromatic carbocycles. The summed E-state index contributed by atoms with van der Waals surface area (Å²) in [4.78, 5) is 2.36. The van der Waals surface area contributed by atoms with Crippen LogP contribution in [0, 0.1) is 28.6 Å². The average Bonchev–Trinajstić information content (AvgIpc) is 2.53. The van der Waals surface area contributed by atoms with Crippen molar-refractivity contribution in [3.05, 3.63) is 34.6 Å². The molecule has 0 radical (unpaired) electrons. The second-order valence-electron chi connectivity index (χ2n) is 5.95. The van der Waals surface area contributed by atoms with Crippen molar-refractivity contribution in [2.45, 2.75) is 45.4 Å². The summed E-state index contributed by atoms with van der Waals surface area (Å²) >= 11 is 0. The zero-order chi connectivity index (χ0) is 15.2. The highest BCUT2D eigenvalue weighted by Crippen LogP contribution is 2.38. The van der Waals surface area contributed by atoms with Crippen LogP contribution in [-0.2, 0) is 0 Å². The first-order valence-electron chi connectivity index (χ1n) is 7.86. The summed E-state index contributed by atoms with van der Waals surface area (Å²) in [5, 5.41) is 18.1. The molecule has 3 nitrogen and oxygen atoms in total. The standard InChI is InChI=1S/C18H23N3/c1-3-4-9-21(2)18-8-7-14-5-6-15(10-16(14)11-18)17(12-19)13-20/h10-11,14H,3-9H2,1-2H3/t14-/m0/s1. The van der Waals surface area contributed by atoms with E-state index in [0.29, 0.717) is 5.92 Å². The molecular formula is C18H23N3. The van der Waals surface area contributed by atoms with E-state index in [1.54, 1.807) is 0 Å². The Balaban J connectivity index is 2.24. The Morgan fingerprint density at radius 1 is 1.24 bits per heavy atom. The molecule has 2 rings (SSSR count). The maximum atomic E-state index is 9.03. The summed E-state index contributed by atoms with van der Waals surface area (Å²) in [6.45, 7) is 3.32. The summed E-state index contributed by atoms with van der Waals surface area (Å²) in [7, 11) is 2.16. The Labute approximate surface area is 127 Å². The summed E-state index contributed by atoms with van der Waals surface area (Å²) in [6.07, 6.45) is 11.1. The highest BCUT2D eigenvalue weighted by Gasteiger charge is 2.25. The number of nitriles is 2. The van der Waals surface area contributed by atoms with E-state index in [-0.39, 0.29) is 5.57 Å². The van der Waals surface area contributed by atoms with Crippen molar-refractivity contribution < 1.29 is 0 Å². The van der Waals surface area contributed by atoms with Gasteiger partial charge in [-0.15, -0.1) is 0 Å². The van der Waals surface area contributed by atoms with Crippen molar-refractivity contribution in [2.75, 3.05) is 13.6 Å². The van der Waals surface area contributed by atoms with Gasteiger partial charge in [0.15, 0.2) is 0 Å². The third-order valence-corrected chi connectivity index (χ3v) is 4.54. The molecule has 0 N–H and O–H groups in total. The van der Waals surface area contributed by atoms with Gasteiger partial charge in [0.05, 0.1) is 0 Å². The Kier molecular flexibility index (Phi) is 5.23. The molecule has 0 aromatic rings. The molecule has 3 heteroatoms. The molecule has 1 atom stereocenters. The van der Waals surface area contributed by atoms with Crippen molar-refractivity contribution in [1.29, 1.82) is 10.5 Å². The lowest BCUT2D eigenvalue weighted by Gasteiger charge is -2.32. The summed E-state index contributed by atoms with van der Waals surface area (Å²) in [6, 6.07) is 4.04. The minimum absolute atomic E-state index is 0.279. The number of rotatable bonds is 4. The van der Waals surface area contributed by atoms with Gasteiger partial charge in [-0.3, -0.25) is 0 Å². The monoisotopic (exact) mass is 281 g/mol. The second-order valence-corrected chi connectivity index (χ2v) is 5.95. The smallest absolute Gasteiger partial charge is 0.132 e. The van der Waals surface area contributed by atoms with E-state index in [1.807, 2.05) is 12.1 Å². The molecule has 0 unspecified atom stereocenters. The van der Waals surface area contributed by atoms with Gasteiger partial charge in [0.1, 0.15) is 17.7 Å². The summed E-state index contributed by atoms with van der Waals surface area (Å²) in [5.41, 5.74) is 3.90. The lowest BCUT2D eigenvalue weighted by molar-refractivity contribution is 0.364. The predicted octanol–water partition coefficient (Wildman–Crippen LogP) is 4.08. The molecule has 110 valence electrons. The van der Waals surface area contributed by atoms with Gasteiger partial charge in [-0.05, 0) is 55.2 Å². The minimum Gasteiger partial charge on any atom is -0.378 e. The largest absolute Gasteiger partial charge is 0.378 e. The molecule has 0 spiro atoms. The van der Waals surface area contributed by atoms with Gasteiger partial charge in [-0.2, -0.15) is 10.5 Å². The van der Waals surface area contributed by atoms with Gasteiger partial charge in [-0.1, -0.05) is 19.4 Å². The Hall–Kier alpha value is -2.00. The number of unbranched alkanes of at least 4 members (excludes halogenated alkanes) is 1. The van der Waals surface area contributed by atoms with Crippen LogP contribution in [0.15, 0.2) is 34.6 Å². The van der Waals surface area contributed by atoms with Crippen LogP contribution in [0.4, 0.5) is 0 Å². The summed E-state index contributed by atoms with van der Waals surface area (Å²) in [5.74, 6) is 0.607. The fourth-order valence-corrected chi connectivity index (χ4v) is 3.15. The van der Waals surface area contributed by atoms with Crippen molar-refractivity contribution in [3.8, 4) is 12.1 Å². The number of allylic oxidation sites excluding steroid dienone is 6. The molecule has 0 bridgehead atoms. The minimum atomic E-state index is 0.279. The SMILES string of the molecule is CCCCN(C)C1=CC2=CC(=C(C#N)C#N)CC[C@H]2CC1. The van der Waals surface area contributed by atoms with E-state index >= 15 is 0 Å². The highest BCUT2D eigenvalue weighted by atomic mass is 15.1. The van der Waals surface area contributed by atoms with E-state index < -0.39 is 0 Å². The molecule has 0 aliphatic heterocycles. The fraction of sp³-hybridized carbons (Fsp3) is 0.556. The van der Waals surface area contributed by atoms with Crippen LogP contribution in [0.5, 0.6) is 0 Å². The topological polar surface area (TPSA) is 50.8 Å². The molecule has 0 saturated carbocycles. The Bertz CT molecular complexity index is 550. The molecule has 21 heavy (non-hydrogen) atoms. The van der Waals surface area contributed by atoms with Crippen LogP contribution in [-0.4, -0.2) is 18.5 Å². The van der Waals surface area contributed by atoms with Gasteiger partial charge in [0.25, 0.3) is 0 Å². The second kappa shape index (κ2) is 7.14. The van der Waals surface area contributed by atoms with E-state index in [1.165, 1.54) is 30.5 Å². The fourth-order valence-electron chi connectivity index (χ4n) is 3.15. The van der Waals surface area contributed by atoms with Gasteiger partial charge in [0, 0.05) is 19.3 Å². The molecule has 2 aliphatic rings. The lowest BCUT2D eigenvalue weighted by atomic mass is 9.78. The number of hydrogen-bond acceptors (Lipinski definition) is 3. The van der Waals surface area contributed by atoms with Crippen molar-refractivity contribution in [3.63, 3.8) is 0 Å². The highest BCUT2D eigenvalue weighted by molar-refractivity contribution is 5.49. The first-order chi connectivity index (χ1) is 10.2. The maximum absolute atomic E-state index is 9.03. The van der Waals surface area contributed by atoms with Crippen molar-refractivity contribution in [1.82, 2.24) is 4.90 Å². The molecular weight excluding hydrogens is 258 g/mol. The van der Waals surface area contributed by atoms with Gasteiger partial charge >= 0.3 is 0 Å². The van der Waals surface area contributed by atoms with Gasteiger partial charge in [-0.25, -0.2) is 0 Å². The predicted molar refractivity (Wildman–Crippen MR) is 83.9 cm³/mol. The van der Waals surface area contributed by atoms with Crippen LogP contribution in [0.3, 0.4) is 0 Å². The zero-order valence-electron chi connectivity index (χ0n) is 13.0. The molecule has 2 aliphatic carbocycles. The zero-order valence-corrected chi connectivity index (χ0v) is 13.0. The van der Waals surface area contributed by atoms with Gasteiger partial charge < -0.3 is 4.90 Å². The van der Waals surface area contributed by atoms with Crippen LogP contribution < -0.4 is 0 Å². The number of nitrogens with zero attached hydrogens (tertiary/aromatic N) is 3. The number of hydrogen-bond donors (Lipinski definition) is 0. The summed E-state index contributed by atoms with van der Waals surface area (Å²) < 4.78 is 0. The molecule has 0 saturated heterocycles. The Morgan fingerprint density at radius 2 is 1.95 bits per heavy atom. The van der Waals surface area contributed by atoms with E-state index in [4.69, 9.17) is 10.5 Å². The quantitative estimate of drug-likeness (QED) is 0.730. The van der Waals surface area contributed by atoms with E-state index in [9.17, 15) is 0 Å². The molecule has 0 heterocycles. The van der Waals surface area contributed by atoms with Crippen LogP contribution in [0.2, 0.25) is 0 Å². The first-order valence-corrected chi connectivity index (χ1v) is 7.86. The Morgan fingerprint density at radius 3 is 2.62 bits per heavy atom. The third-order valence-electron chi connectivity index (χ3n) is 4.54. The number of fused-ring (bicyclic) bond motifs is 1. The maximum Gasteiger partial charge on any atom is 0.132 e. The average molecular weight is 281 g/mol. The van der Waals surface area contributed by atoms with Crippen molar-refractivity contribution in [2.24, 2.45) is 5.92 Å². The van der Waals surface area contributed by atoms with Crippen molar-refractivity contribution >= 4 is 0 Å². The molecule has 0 aromatic heterocycles. The third kappa shape index (κ3) is 3.56. The van der Waals surface area contributed by atoms with Crippen LogP contribution in [0.25, 0.3) is 0 Å². The normalized spacial score (nSPS) is 20.6. The molecule has 0 fully saturated rings. The van der Waals surface area contributed by atoms with E-state index in [0.717, 1.165) is 31.4 Å². The van der Waals surface area contributed by atoms with E-state index in [2.05, 4.69) is 31.0 Å². The molecule has 0 amide bonds. The van der Waals surface area contributed by atoms with Crippen LogP contribution in [0.1, 0.15) is 45.4 Å². The van der Waals surface area contributed by atoms with Crippen LogP contribution >= 0.6 is 0 Å². The first kappa shape index (κ1) is 15.4. The lowest BCUT2D eigenvalue weighted by Crippen LogP contribution is -2.24. The van der Waals surface area contributed by atoms with Gasteiger partial charge in [0.2, 0.25) is 0 Å².